The van der Waals surface area contributed by atoms with Gasteiger partial charge >= 0.3 is 5.97 Å². The summed E-state index contributed by atoms with van der Waals surface area (Å²) in [7, 11) is 0. The third-order valence-electron chi connectivity index (χ3n) is 2.70. The summed E-state index contributed by atoms with van der Waals surface area (Å²) in [5.41, 5.74) is 0.644. The molecule has 0 aliphatic rings. The molecule has 2 aromatic carbocycles. The van der Waals surface area contributed by atoms with E-state index >= 15 is 0 Å². The Balaban J connectivity index is 2.59. The van der Waals surface area contributed by atoms with E-state index in [-0.39, 0.29) is 16.7 Å². The first-order valence-electron chi connectivity index (χ1n) is 5.29. The fourth-order valence-electron chi connectivity index (χ4n) is 1.69. The van der Waals surface area contributed by atoms with Crippen molar-refractivity contribution in [2.45, 2.75) is 6.92 Å². The van der Waals surface area contributed by atoms with Gasteiger partial charge in [0.15, 0.2) is 11.6 Å². The van der Waals surface area contributed by atoms with Gasteiger partial charge in [0.1, 0.15) is 0 Å². The summed E-state index contributed by atoms with van der Waals surface area (Å²) in [5.74, 6) is -2.98. The van der Waals surface area contributed by atoms with Gasteiger partial charge < -0.3 is 5.11 Å². The first kappa shape index (κ1) is 12.2. The van der Waals surface area contributed by atoms with Gasteiger partial charge in [-0.15, -0.1) is 0 Å². The molecule has 0 radical (unpaired) electrons. The Morgan fingerprint density at radius 1 is 1.11 bits per heavy atom. The number of carboxylic acid groups (broad SMARTS) is 1. The fourth-order valence-corrected chi connectivity index (χ4v) is 1.69. The molecular formula is C14H10F2O2. The number of rotatable bonds is 2. The Labute approximate surface area is 103 Å². The van der Waals surface area contributed by atoms with Crippen LogP contribution in [0.1, 0.15) is 15.9 Å². The molecule has 0 saturated heterocycles. The summed E-state index contributed by atoms with van der Waals surface area (Å²) in [4.78, 5) is 10.8. The lowest BCUT2D eigenvalue weighted by Crippen LogP contribution is -1.97. The lowest BCUT2D eigenvalue weighted by Gasteiger charge is -2.07. The van der Waals surface area contributed by atoms with Crippen molar-refractivity contribution in [3.8, 4) is 11.1 Å². The van der Waals surface area contributed by atoms with Gasteiger partial charge in [-0.25, -0.2) is 13.6 Å². The van der Waals surface area contributed by atoms with Crippen LogP contribution >= 0.6 is 0 Å². The van der Waals surface area contributed by atoms with Crippen LogP contribution in [0.15, 0.2) is 36.4 Å². The van der Waals surface area contributed by atoms with Crippen molar-refractivity contribution in [3.63, 3.8) is 0 Å². The van der Waals surface area contributed by atoms with Crippen molar-refractivity contribution < 1.29 is 18.7 Å². The zero-order valence-corrected chi connectivity index (χ0v) is 9.58. The first-order valence-corrected chi connectivity index (χ1v) is 5.29. The normalized spacial score (nSPS) is 10.4. The summed E-state index contributed by atoms with van der Waals surface area (Å²) in [5, 5.41) is 8.86. The highest BCUT2D eigenvalue weighted by Gasteiger charge is 2.13. The second-order valence-corrected chi connectivity index (χ2v) is 3.94. The second-order valence-electron chi connectivity index (χ2n) is 3.94. The number of carbonyl (C=O) groups is 1. The van der Waals surface area contributed by atoms with Crippen LogP contribution in [0, 0.1) is 18.6 Å². The van der Waals surface area contributed by atoms with E-state index in [0.717, 1.165) is 0 Å². The summed E-state index contributed by atoms with van der Waals surface area (Å²) >= 11 is 0. The summed E-state index contributed by atoms with van der Waals surface area (Å²) in [6.45, 7) is 1.47. The molecule has 2 nitrogen and oxygen atoms in total. The topological polar surface area (TPSA) is 37.3 Å². The monoisotopic (exact) mass is 248 g/mol. The van der Waals surface area contributed by atoms with E-state index in [9.17, 15) is 13.6 Å². The van der Waals surface area contributed by atoms with Gasteiger partial charge in [0.25, 0.3) is 0 Å². The van der Waals surface area contributed by atoms with Gasteiger partial charge in [0, 0.05) is 5.56 Å². The van der Waals surface area contributed by atoms with Gasteiger partial charge in [0.05, 0.1) is 5.56 Å². The number of carboxylic acids is 1. The molecule has 0 heterocycles. The van der Waals surface area contributed by atoms with Gasteiger partial charge in [-0.3, -0.25) is 0 Å². The number of hydrogen-bond acceptors (Lipinski definition) is 1. The van der Waals surface area contributed by atoms with Gasteiger partial charge in [-0.2, -0.15) is 0 Å². The molecule has 0 bridgehead atoms. The predicted octanol–water partition coefficient (Wildman–Crippen LogP) is 3.64. The van der Waals surface area contributed by atoms with Crippen LogP contribution in [0.3, 0.4) is 0 Å². The predicted molar refractivity (Wildman–Crippen MR) is 63.5 cm³/mol. The highest BCUT2D eigenvalue weighted by Crippen LogP contribution is 2.26. The maximum atomic E-state index is 13.8. The Morgan fingerprint density at radius 3 is 2.50 bits per heavy atom. The van der Waals surface area contributed by atoms with Gasteiger partial charge in [0.2, 0.25) is 0 Å². The molecule has 0 saturated carbocycles. The summed E-state index contributed by atoms with van der Waals surface area (Å²) in [6.07, 6.45) is 0. The zero-order valence-electron chi connectivity index (χ0n) is 9.58. The van der Waals surface area contributed by atoms with Crippen molar-refractivity contribution in [1.82, 2.24) is 0 Å². The number of aryl methyl sites for hydroxylation is 1. The molecule has 1 N–H and O–H groups in total. The van der Waals surface area contributed by atoms with Crippen LogP contribution in [-0.2, 0) is 0 Å². The fraction of sp³-hybridized carbons (Fsp3) is 0.0714. The molecule has 4 heteroatoms. The third kappa shape index (κ3) is 2.09. The average Bonchev–Trinajstić information content (AvgIpc) is 2.36. The lowest BCUT2D eigenvalue weighted by atomic mass is 10.0. The van der Waals surface area contributed by atoms with E-state index in [2.05, 4.69) is 0 Å². The molecule has 0 aliphatic carbocycles. The zero-order chi connectivity index (χ0) is 13.3. The SMILES string of the molecule is Cc1ccc(-c2cccc(C(=O)O)c2)c(F)c1F. The van der Waals surface area contributed by atoms with E-state index in [0.29, 0.717) is 5.56 Å². The largest absolute Gasteiger partial charge is 0.478 e. The molecule has 0 amide bonds. The minimum Gasteiger partial charge on any atom is -0.478 e. The van der Waals surface area contributed by atoms with Crippen molar-refractivity contribution >= 4 is 5.97 Å². The molecular weight excluding hydrogens is 238 g/mol. The quantitative estimate of drug-likeness (QED) is 0.880. The van der Waals surface area contributed by atoms with Crippen LogP contribution in [0.4, 0.5) is 8.78 Å². The van der Waals surface area contributed by atoms with Crippen molar-refractivity contribution in [3.05, 3.63) is 59.2 Å². The van der Waals surface area contributed by atoms with E-state index in [1.54, 1.807) is 6.07 Å². The van der Waals surface area contributed by atoms with Crippen LogP contribution < -0.4 is 0 Å². The number of aromatic carboxylic acids is 1. The second kappa shape index (κ2) is 4.56. The standard InChI is InChI=1S/C14H10F2O2/c1-8-5-6-11(13(16)12(8)15)9-3-2-4-10(7-9)14(17)18/h2-7H,1H3,(H,17,18). The lowest BCUT2D eigenvalue weighted by molar-refractivity contribution is 0.0697. The Bertz CT molecular complexity index is 621. The molecule has 0 fully saturated rings. The maximum absolute atomic E-state index is 13.8. The third-order valence-corrected chi connectivity index (χ3v) is 2.70. The Kier molecular flexibility index (Phi) is 3.10. The van der Waals surface area contributed by atoms with Crippen molar-refractivity contribution in [2.24, 2.45) is 0 Å². The van der Waals surface area contributed by atoms with E-state index in [1.807, 2.05) is 0 Å². The van der Waals surface area contributed by atoms with E-state index in [4.69, 9.17) is 5.11 Å². The maximum Gasteiger partial charge on any atom is 0.335 e. The van der Waals surface area contributed by atoms with Gasteiger partial charge in [-0.1, -0.05) is 24.3 Å². The molecule has 18 heavy (non-hydrogen) atoms. The number of halogens is 2. The van der Waals surface area contributed by atoms with Crippen LogP contribution in [0.2, 0.25) is 0 Å². The Hall–Kier alpha value is -2.23. The molecule has 0 unspecified atom stereocenters. The molecule has 0 aliphatic heterocycles. The summed E-state index contributed by atoms with van der Waals surface area (Å²) < 4.78 is 27.2. The molecule has 92 valence electrons. The Morgan fingerprint density at radius 2 is 1.83 bits per heavy atom. The molecule has 2 rings (SSSR count). The molecule has 0 atom stereocenters. The highest BCUT2D eigenvalue weighted by atomic mass is 19.2. The number of benzene rings is 2. The smallest absolute Gasteiger partial charge is 0.335 e. The minimum atomic E-state index is -1.11. The summed E-state index contributed by atoms with van der Waals surface area (Å²) in [6, 6.07) is 8.65. The van der Waals surface area contributed by atoms with Crippen molar-refractivity contribution in [2.75, 3.05) is 0 Å². The first-order chi connectivity index (χ1) is 8.50. The van der Waals surface area contributed by atoms with E-state index in [1.165, 1.54) is 37.3 Å². The van der Waals surface area contributed by atoms with Crippen LogP contribution in [-0.4, -0.2) is 11.1 Å². The molecule has 0 spiro atoms. The van der Waals surface area contributed by atoms with Crippen molar-refractivity contribution in [1.29, 1.82) is 0 Å². The highest BCUT2D eigenvalue weighted by molar-refractivity contribution is 5.89. The van der Waals surface area contributed by atoms with E-state index < -0.39 is 17.6 Å². The average molecular weight is 248 g/mol. The minimum absolute atomic E-state index is 0.0351. The van der Waals surface area contributed by atoms with Crippen LogP contribution in [0.5, 0.6) is 0 Å². The van der Waals surface area contributed by atoms with Gasteiger partial charge in [-0.05, 0) is 30.2 Å². The number of hydrogen-bond donors (Lipinski definition) is 1. The molecule has 2 aromatic rings. The molecule has 0 aromatic heterocycles. The van der Waals surface area contributed by atoms with Crippen LogP contribution in [0.25, 0.3) is 11.1 Å².